The van der Waals surface area contributed by atoms with Crippen LogP contribution in [0.5, 0.6) is 5.75 Å². The fraction of sp³-hybridized carbons (Fsp3) is 0.273. The van der Waals surface area contributed by atoms with E-state index in [4.69, 9.17) is 10.8 Å². The summed E-state index contributed by atoms with van der Waals surface area (Å²) in [6.07, 6.45) is -3.36. The normalized spacial score (nSPS) is 13.3. The van der Waals surface area contributed by atoms with Gasteiger partial charge in [0, 0.05) is 16.0 Å². The van der Waals surface area contributed by atoms with Crippen molar-refractivity contribution in [3.05, 3.63) is 64.6 Å². The van der Waals surface area contributed by atoms with Gasteiger partial charge in [-0.1, -0.05) is 18.2 Å². The molecule has 4 N–H and O–H groups in total. The van der Waals surface area contributed by atoms with Crippen LogP contribution in [0.25, 0.3) is 10.8 Å². The van der Waals surface area contributed by atoms with E-state index < -0.39 is 35.9 Å². The number of hydrogen-bond donors (Lipinski definition) is 3. The minimum absolute atomic E-state index is 0.115. The van der Waals surface area contributed by atoms with Crippen LogP contribution >= 0.6 is 11.8 Å². The van der Waals surface area contributed by atoms with Crippen LogP contribution in [0.15, 0.2) is 58.4 Å². The number of carboxylic acids is 1. The fourth-order valence-electron chi connectivity index (χ4n) is 3.08. The number of aliphatic carboxylic acids is 1. The first-order valence-electron chi connectivity index (χ1n) is 10.2. The summed E-state index contributed by atoms with van der Waals surface area (Å²) in [5, 5.41) is 16.4. The Hall–Kier alpha value is -3.58. The number of thioether (sulfide) groups is 1. The Morgan fingerprint density at radius 1 is 1.23 bits per heavy atom. The molecule has 186 valence electrons. The number of aromatic nitrogens is 2. The summed E-state index contributed by atoms with van der Waals surface area (Å²) in [6.45, 7) is 1.26. The van der Waals surface area contributed by atoms with Crippen molar-refractivity contribution in [2.24, 2.45) is 5.73 Å². The van der Waals surface area contributed by atoms with Gasteiger partial charge in [0.1, 0.15) is 18.3 Å². The van der Waals surface area contributed by atoms with E-state index in [9.17, 15) is 27.6 Å². The molecule has 3 aromatic rings. The molecule has 0 radical (unpaired) electrons. The number of hydrogen-bond acceptors (Lipinski definition) is 7. The highest BCUT2D eigenvalue weighted by atomic mass is 32.2. The van der Waals surface area contributed by atoms with Crippen molar-refractivity contribution in [1.29, 1.82) is 0 Å². The molecular weight excluding hydrogens is 489 g/mol. The number of rotatable bonds is 9. The maximum absolute atomic E-state index is 12.9. The molecule has 1 heterocycles. The smallest absolute Gasteiger partial charge is 0.480 e. The van der Waals surface area contributed by atoms with Crippen molar-refractivity contribution in [3.63, 3.8) is 0 Å². The van der Waals surface area contributed by atoms with Crippen LogP contribution in [0.2, 0.25) is 0 Å². The molecule has 2 aromatic carbocycles. The van der Waals surface area contributed by atoms with Crippen molar-refractivity contribution < 1.29 is 32.6 Å². The van der Waals surface area contributed by atoms with Gasteiger partial charge >= 0.3 is 12.3 Å². The van der Waals surface area contributed by atoms with Crippen LogP contribution in [-0.4, -0.2) is 44.9 Å². The maximum Gasteiger partial charge on any atom is 0.573 e. The second-order valence-corrected chi connectivity index (χ2v) is 8.61. The number of nitrogens with one attached hydrogen (secondary N) is 1. The summed E-state index contributed by atoms with van der Waals surface area (Å²) in [4.78, 5) is 36.9. The van der Waals surface area contributed by atoms with Gasteiger partial charge < -0.3 is 20.9 Å². The lowest BCUT2D eigenvalue weighted by atomic mass is 10.1. The highest BCUT2D eigenvalue weighted by Gasteiger charge is 2.31. The zero-order chi connectivity index (χ0) is 25.8. The first-order chi connectivity index (χ1) is 16.4. The zero-order valence-corrected chi connectivity index (χ0v) is 19.1. The van der Waals surface area contributed by atoms with Crippen molar-refractivity contribution in [2.75, 3.05) is 5.75 Å². The Labute approximate surface area is 201 Å². The topological polar surface area (TPSA) is 137 Å². The quantitative estimate of drug-likeness (QED) is 0.374. The van der Waals surface area contributed by atoms with Gasteiger partial charge in [0.05, 0.1) is 17.6 Å². The van der Waals surface area contributed by atoms with Gasteiger partial charge in [0.15, 0.2) is 0 Å². The van der Waals surface area contributed by atoms with Crippen LogP contribution in [0.1, 0.15) is 18.5 Å². The van der Waals surface area contributed by atoms with E-state index in [2.05, 4.69) is 15.2 Å². The number of benzene rings is 2. The molecule has 13 heteroatoms. The Morgan fingerprint density at radius 2 is 1.91 bits per heavy atom. The summed E-state index contributed by atoms with van der Waals surface area (Å²) in [5.74, 6) is -1.92. The van der Waals surface area contributed by atoms with E-state index >= 15 is 0 Å². The highest BCUT2D eigenvalue weighted by molar-refractivity contribution is 7.99. The number of amides is 1. The molecule has 0 aliphatic carbocycles. The van der Waals surface area contributed by atoms with Gasteiger partial charge in [0.25, 0.3) is 5.56 Å². The first kappa shape index (κ1) is 26.0. The average Bonchev–Trinajstić information content (AvgIpc) is 2.78. The van der Waals surface area contributed by atoms with Gasteiger partial charge in [-0.3, -0.25) is 14.4 Å². The van der Waals surface area contributed by atoms with Crippen molar-refractivity contribution in [2.45, 2.75) is 36.8 Å². The van der Waals surface area contributed by atoms with Crippen molar-refractivity contribution in [3.8, 4) is 5.75 Å². The lowest BCUT2D eigenvalue weighted by Crippen LogP contribution is -2.35. The molecule has 0 fully saturated rings. The minimum atomic E-state index is -4.80. The SMILES string of the molecule is C[C@H](NC(=O)Cn1ncc2ccc(SC[C@H](N)C(=O)O)cc2c1=O)c1ccc(OC(F)(F)F)cc1. The second-order valence-electron chi connectivity index (χ2n) is 7.52. The van der Waals surface area contributed by atoms with Crippen LogP contribution in [0, 0.1) is 0 Å². The third-order valence-electron chi connectivity index (χ3n) is 4.86. The first-order valence-corrected chi connectivity index (χ1v) is 11.2. The van der Waals surface area contributed by atoms with E-state index in [1.165, 1.54) is 30.1 Å². The predicted octanol–water partition coefficient (Wildman–Crippen LogP) is 2.68. The molecule has 0 bridgehead atoms. The summed E-state index contributed by atoms with van der Waals surface area (Å²) < 4.78 is 41.7. The van der Waals surface area contributed by atoms with Crippen molar-refractivity contribution in [1.82, 2.24) is 15.1 Å². The standard InChI is InChI=1S/C22H21F3N4O5S/c1-12(13-2-5-15(6-3-13)34-22(23,24)25)28-19(30)10-29-20(31)17-8-16(7-4-14(17)9-27-29)35-11-18(26)21(32)33/h2-9,12,18H,10-11,26H2,1H3,(H,28,30)(H,32,33)/t12-,18-/m0/s1. The Kier molecular flexibility index (Phi) is 8.02. The molecule has 0 aliphatic rings. The number of halogens is 3. The Balaban J connectivity index is 1.68. The third-order valence-corrected chi connectivity index (χ3v) is 5.97. The molecule has 1 amide bonds. The fourth-order valence-corrected chi connectivity index (χ4v) is 3.96. The molecule has 0 saturated heterocycles. The molecule has 0 unspecified atom stereocenters. The van der Waals surface area contributed by atoms with Gasteiger partial charge in [-0.15, -0.1) is 24.9 Å². The highest BCUT2D eigenvalue weighted by Crippen LogP contribution is 2.24. The third kappa shape index (κ3) is 7.20. The summed E-state index contributed by atoms with van der Waals surface area (Å²) >= 11 is 1.19. The van der Waals surface area contributed by atoms with E-state index in [0.717, 1.165) is 16.8 Å². The zero-order valence-electron chi connectivity index (χ0n) is 18.3. The lowest BCUT2D eigenvalue weighted by Gasteiger charge is -2.16. The van der Waals surface area contributed by atoms with E-state index in [-0.39, 0.29) is 18.0 Å². The summed E-state index contributed by atoms with van der Waals surface area (Å²) in [7, 11) is 0. The maximum atomic E-state index is 12.9. The number of fused-ring (bicyclic) bond motifs is 1. The Morgan fingerprint density at radius 3 is 2.54 bits per heavy atom. The molecule has 0 aliphatic heterocycles. The van der Waals surface area contributed by atoms with Crippen LogP contribution < -0.4 is 21.3 Å². The van der Waals surface area contributed by atoms with Gasteiger partial charge in [-0.25, -0.2) is 4.68 Å². The molecule has 35 heavy (non-hydrogen) atoms. The minimum Gasteiger partial charge on any atom is -0.480 e. The van der Waals surface area contributed by atoms with Crippen LogP contribution in [-0.2, 0) is 16.1 Å². The number of ether oxygens (including phenoxy) is 1. The van der Waals surface area contributed by atoms with Gasteiger partial charge in [-0.05, 0) is 36.8 Å². The van der Waals surface area contributed by atoms with Gasteiger partial charge in [0.2, 0.25) is 5.91 Å². The van der Waals surface area contributed by atoms with E-state index in [1.807, 2.05) is 0 Å². The largest absolute Gasteiger partial charge is 0.573 e. The number of nitrogens with two attached hydrogens (primary N) is 1. The Bertz CT molecular complexity index is 1280. The monoisotopic (exact) mass is 510 g/mol. The summed E-state index contributed by atoms with van der Waals surface area (Å²) in [6, 6.07) is 8.41. The molecule has 9 nitrogen and oxygen atoms in total. The van der Waals surface area contributed by atoms with Crippen LogP contribution in [0.4, 0.5) is 13.2 Å². The molecule has 0 saturated carbocycles. The second kappa shape index (κ2) is 10.8. The number of alkyl halides is 3. The molecule has 1 aromatic heterocycles. The molecular formula is C22H21F3N4O5S. The molecule has 2 atom stereocenters. The van der Waals surface area contributed by atoms with Gasteiger partial charge in [-0.2, -0.15) is 5.10 Å². The number of carbonyl (C=O) groups excluding carboxylic acids is 1. The van der Waals surface area contributed by atoms with Crippen LogP contribution in [0.3, 0.4) is 0 Å². The molecule has 0 spiro atoms. The number of carbonyl (C=O) groups is 2. The van der Waals surface area contributed by atoms with E-state index in [1.54, 1.807) is 25.1 Å². The number of nitrogens with zero attached hydrogens (tertiary/aromatic N) is 2. The number of carboxylic acid groups (broad SMARTS) is 1. The average molecular weight is 510 g/mol. The van der Waals surface area contributed by atoms with Crippen molar-refractivity contribution >= 4 is 34.4 Å². The molecule has 3 rings (SSSR count). The summed E-state index contributed by atoms with van der Waals surface area (Å²) in [5.41, 5.74) is 5.53. The van der Waals surface area contributed by atoms with E-state index in [0.29, 0.717) is 21.2 Å². The lowest BCUT2D eigenvalue weighted by molar-refractivity contribution is -0.274. The predicted molar refractivity (Wildman–Crippen MR) is 122 cm³/mol.